The summed E-state index contributed by atoms with van der Waals surface area (Å²) in [6, 6.07) is 9.53. The molecule has 0 aliphatic heterocycles. The third-order valence-corrected chi connectivity index (χ3v) is 2.36. The van der Waals surface area contributed by atoms with E-state index in [-0.39, 0.29) is 0 Å². The number of nitrogens with two attached hydrogens (primary N) is 1. The molecule has 0 aliphatic carbocycles. The lowest BCUT2D eigenvalue weighted by atomic mass is 10.2. The molecule has 0 saturated heterocycles. The molecule has 0 radical (unpaired) electrons. The Balaban J connectivity index is 2.08. The van der Waals surface area contributed by atoms with Crippen LogP contribution < -0.4 is 10.5 Å². The zero-order valence-electron chi connectivity index (χ0n) is 9.18. The second-order valence-corrected chi connectivity index (χ2v) is 3.67. The first kappa shape index (κ1) is 10.5. The van der Waals surface area contributed by atoms with E-state index in [1.54, 1.807) is 12.4 Å². The van der Waals surface area contributed by atoms with Crippen LogP contribution in [-0.2, 0) is 6.61 Å². The molecule has 0 spiro atoms. The van der Waals surface area contributed by atoms with Crippen LogP contribution in [0.1, 0.15) is 11.1 Å². The molecule has 0 unspecified atom stereocenters. The lowest BCUT2D eigenvalue weighted by molar-refractivity contribution is 0.304. The predicted octanol–water partition coefficient (Wildman–Crippen LogP) is 2.55. The van der Waals surface area contributed by atoms with Crippen LogP contribution >= 0.6 is 0 Å². The van der Waals surface area contributed by atoms with Gasteiger partial charge in [-0.15, -0.1) is 0 Å². The van der Waals surface area contributed by atoms with Crippen molar-refractivity contribution in [1.29, 1.82) is 0 Å². The van der Waals surface area contributed by atoms with Crippen LogP contribution in [0.15, 0.2) is 42.7 Å². The largest absolute Gasteiger partial charge is 0.489 e. The van der Waals surface area contributed by atoms with Gasteiger partial charge in [0.15, 0.2) is 0 Å². The van der Waals surface area contributed by atoms with Crippen molar-refractivity contribution in [3.8, 4) is 5.75 Å². The van der Waals surface area contributed by atoms with E-state index in [0.717, 1.165) is 22.6 Å². The van der Waals surface area contributed by atoms with Gasteiger partial charge in [-0.1, -0.05) is 6.07 Å². The van der Waals surface area contributed by atoms with Gasteiger partial charge in [0.25, 0.3) is 0 Å². The Labute approximate surface area is 94.9 Å². The molecular weight excluding hydrogens is 200 g/mol. The van der Waals surface area contributed by atoms with Crippen molar-refractivity contribution in [2.24, 2.45) is 0 Å². The highest BCUT2D eigenvalue weighted by molar-refractivity contribution is 5.47. The standard InChI is InChI=1S/C13H14N2O/c1-10-2-3-12(14)8-13(10)16-9-11-4-6-15-7-5-11/h2-8H,9,14H2,1H3. The molecule has 0 bridgehead atoms. The Morgan fingerprint density at radius 2 is 1.94 bits per heavy atom. The minimum atomic E-state index is 0.535. The Bertz CT molecular complexity index is 469. The number of benzene rings is 1. The maximum absolute atomic E-state index is 5.71. The number of anilines is 1. The van der Waals surface area contributed by atoms with E-state index in [9.17, 15) is 0 Å². The topological polar surface area (TPSA) is 48.1 Å². The number of ether oxygens (including phenoxy) is 1. The van der Waals surface area contributed by atoms with Crippen LogP contribution in [0, 0.1) is 6.92 Å². The number of hydrogen-bond acceptors (Lipinski definition) is 3. The minimum absolute atomic E-state index is 0.535. The zero-order chi connectivity index (χ0) is 11.4. The molecule has 16 heavy (non-hydrogen) atoms. The molecule has 2 aromatic rings. The molecule has 82 valence electrons. The lowest BCUT2D eigenvalue weighted by Crippen LogP contribution is -1.98. The fourth-order valence-electron chi connectivity index (χ4n) is 1.41. The third-order valence-electron chi connectivity index (χ3n) is 2.36. The van der Waals surface area contributed by atoms with Crippen LogP contribution in [0.25, 0.3) is 0 Å². The van der Waals surface area contributed by atoms with Gasteiger partial charge in [0.05, 0.1) is 0 Å². The van der Waals surface area contributed by atoms with E-state index in [1.165, 1.54) is 0 Å². The molecule has 1 aromatic heterocycles. The third kappa shape index (κ3) is 2.51. The molecule has 2 rings (SSSR count). The quantitative estimate of drug-likeness (QED) is 0.799. The molecular formula is C13H14N2O. The van der Waals surface area contributed by atoms with E-state index >= 15 is 0 Å². The van der Waals surface area contributed by atoms with Gasteiger partial charge in [0, 0.05) is 24.1 Å². The first-order valence-corrected chi connectivity index (χ1v) is 5.13. The number of nitrogens with zero attached hydrogens (tertiary/aromatic N) is 1. The molecule has 1 heterocycles. The molecule has 3 nitrogen and oxygen atoms in total. The minimum Gasteiger partial charge on any atom is -0.489 e. The number of hydrogen-bond donors (Lipinski definition) is 1. The van der Waals surface area contributed by atoms with Crippen LogP contribution in [0.3, 0.4) is 0 Å². The molecule has 0 saturated carbocycles. The van der Waals surface area contributed by atoms with E-state index in [1.807, 2.05) is 37.3 Å². The van der Waals surface area contributed by atoms with Gasteiger partial charge in [-0.25, -0.2) is 0 Å². The SMILES string of the molecule is Cc1ccc(N)cc1OCc1ccncc1. The average Bonchev–Trinajstić information content (AvgIpc) is 2.32. The summed E-state index contributed by atoms with van der Waals surface area (Å²) in [6.07, 6.45) is 3.51. The van der Waals surface area contributed by atoms with E-state index in [2.05, 4.69) is 4.98 Å². The van der Waals surface area contributed by atoms with Gasteiger partial charge in [0.2, 0.25) is 0 Å². The fourth-order valence-corrected chi connectivity index (χ4v) is 1.41. The Morgan fingerprint density at radius 1 is 1.19 bits per heavy atom. The molecule has 0 atom stereocenters. The molecule has 1 aromatic carbocycles. The highest BCUT2D eigenvalue weighted by Crippen LogP contribution is 2.21. The van der Waals surface area contributed by atoms with Gasteiger partial charge in [-0.3, -0.25) is 4.98 Å². The van der Waals surface area contributed by atoms with Crippen LogP contribution in [-0.4, -0.2) is 4.98 Å². The number of rotatable bonds is 3. The number of aryl methyl sites for hydroxylation is 1. The molecule has 3 heteroatoms. The molecule has 2 N–H and O–H groups in total. The van der Waals surface area contributed by atoms with Crippen LogP contribution in [0.4, 0.5) is 5.69 Å². The summed E-state index contributed by atoms with van der Waals surface area (Å²) in [4.78, 5) is 3.96. The first-order chi connectivity index (χ1) is 7.75. The summed E-state index contributed by atoms with van der Waals surface area (Å²) >= 11 is 0. The van der Waals surface area contributed by atoms with Gasteiger partial charge < -0.3 is 10.5 Å². The lowest BCUT2D eigenvalue weighted by Gasteiger charge is -2.09. The monoisotopic (exact) mass is 214 g/mol. The smallest absolute Gasteiger partial charge is 0.124 e. The highest BCUT2D eigenvalue weighted by Gasteiger charge is 2.00. The van der Waals surface area contributed by atoms with E-state index in [0.29, 0.717) is 6.61 Å². The van der Waals surface area contributed by atoms with Crippen molar-refractivity contribution in [2.45, 2.75) is 13.5 Å². The van der Waals surface area contributed by atoms with Crippen molar-refractivity contribution < 1.29 is 4.74 Å². The van der Waals surface area contributed by atoms with Crippen LogP contribution in [0.2, 0.25) is 0 Å². The second-order valence-electron chi connectivity index (χ2n) is 3.67. The normalized spacial score (nSPS) is 10.1. The summed E-state index contributed by atoms with van der Waals surface area (Å²) in [5, 5.41) is 0. The summed E-state index contributed by atoms with van der Waals surface area (Å²) in [5.41, 5.74) is 8.60. The number of aromatic nitrogens is 1. The average molecular weight is 214 g/mol. The Morgan fingerprint density at radius 3 is 2.69 bits per heavy atom. The van der Waals surface area contributed by atoms with Crippen molar-refractivity contribution in [2.75, 3.05) is 5.73 Å². The fraction of sp³-hybridized carbons (Fsp3) is 0.154. The van der Waals surface area contributed by atoms with Gasteiger partial charge in [-0.2, -0.15) is 0 Å². The van der Waals surface area contributed by atoms with Gasteiger partial charge in [0.1, 0.15) is 12.4 Å². The number of nitrogen functional groups attached to an aromatic ring is 1. The summed E-state index contributed by atoms with van der Waals surface area (Å²) in [7, 11) is 0. The Hall–Kier alpha value is -2.03. The highest BCUT2D eigenvalue weighted by atomic mass is 16.5. The zero-order valence-corrected chi connectivity index (χ0v) is 9.18. The first-order valence-electron chi connectivity index (χ1n) is 5.13. The summed E-state index contributed by atoms with van der Waals surface area (Å²) < 4.78 is 5.70. The Kier molecular flexibility index (Phi) is 3.05. The summed E-state index contributed by atoms with van der Waals surface area (Å²) in [6.45, 7) is 2.54. The van der Waals surface area contributed by atoms with Crippen molar-refractivity contribution in [3.63, 3.8) is 0 Å². The van der Waals surface area contributed by atoms with Crippen molar-refractivity contribution in [1.82, 2.24) is 4.98 Å². The molecule has 0 aliphatic rings. The predicted molar refractivity (Wildman–Crippen MR) is 64.2 cm³/mol. The van der Waals surface area contributed by atoms with E-state index in [4.69, 9.17) is 10.5 Å². The van der Waals surface area contributed by atoms with Crippen molar-refractivity contribution >= 4 is 5.69 Å². The molecule has 0 amide bonds. The maximum Gasteiger partial charge on any atom is 0.124 e. The van der Waals surface area contributed by atoms with Crippen molar-refractivity contribution in [3.05, 3.63) is 53.9 Å². The number of pyridine rings is 1. The van der Waals surface area contributed by atoms with Gasteiger partial charge in [-0.05, 0) is 36.2 Å². The maximum atomic E-state index is 5.71. The van der Waals surface area contributed by atoms with Gasteiger partial charge >= 0.3 is 0 Å². The van der Waals surface area contributed by atoms with Crippen LogP contribution in [0.5, 0.6) is 5.75 Å². The second kappa shape index (κ2) is 4.66. The summed E-state index contributed by atoms with van der Waals surface area (Å²) in [5.74, 6) is 0.830. The molecule has 0 fully saturated rings. The van der Waals surface area contributed by atoms with E-state index < -0.39 is 0 Å².